The van der Waals surface area contributed by atoms with Gasteiger partial charge in [0.25, 0.3) is 5.91 Å². The van der Waals surface area contributed by atoms with Crippen LogP contribution < -0.4 is 5.32 Å². The number of likely N-dealkylation sites (tertiary alicyclic amines) is 1. The Morgan fingerprint density at radius 1 is 1.27 bits per heavy atom. The molecule has 0 aromatic heterocycles. The Labute approximate surface area is 127 Å². The average molecular weight is 324 g/mol. The van der Waals surface area contributed by atoms with Gasteiger partial charge in [-0.1, -0.05) is 13.8 Å². The number of alkyl halides is 3. The summed E-state index contributed by atoms with van der Waals surface area (Å²) in [6, 6.07) is 0. The predicted molar refractivity (Wildman–Crippen MR) is 73.8 cm³/mol. The zero-order chi connectivity index (χ0) is 17.1. The van der Waals surface area contributed by atoms with E-state index in [1.165, 1.54) is 0 Å². The molecule has 5 nitrogen and oxygen atoms in total. The normalized spacial score (nSPS) is 19.9. The first-order valence-corrected chi connectivity index (χ1v) is 7.33. The van der Waals surface area contributed by atoms with Gasteiger partial charge in [0.1, 0.15) is 0 Å². The third kappa shape index (κ3) is 4.34. The van der Waals surface area contributed by atoms with Gasteiger partial charge in [0, 0.05) is 25.6 Å². The van der Waals surface area contributed by atoms with Crippen molar-refractivity contribution in [1.82, 2.24) is 10.2 Å². The van der Waals surface area contributed by atoms with Gasteiger partial charge in [0.2, 0.25) is 11.5 Å². The van der Waals surface area contributed by atoms with Crippen LogP contribution in [0.1, 0.15) is 33.6 Å². The van der Waals surface area contributed by atoms with Crippen LogP contribution in [0.5, 0.6) is 0 Å². The van der Waals surface area contributed by atoms with Gasteiger partial charge in [0.05, 0.1) is 0 Å². The minimum Gasteiger partial charge on any atom is -0.373 e. The summed E-state index contributed by atoms with van der Waals surface area (Å²) in [5.74, 6) is -1.47. The van der Waals surface area contributed by atoms with Gasteiger partial charge >= 0.3 is 6.18 Å². The second-order valence-electron chi connectivity index (χ2n) is 6.20. The zero-order valence-electron chi connectivity index (χ0n) is 13.0. The van der Waals surface area contributed by atoms with Crippen LogP contribution in [0.4, 0.5) is 13.2 Å². The predicted octanol–water partition coefficient (Wildman–Crippen LogP) is 1.31. The second-order valence-corrected chi connectivity index (χ2v) is 6.20. The quantitative estimate of drug-likeness (QED) is 0.819. The molecule has 8 heteroatoms. The van der Waals surface area contributed by atoms with Gasteiger partial charge in [-0.3, -0.25) is 9.59 Å². The SMILES string of the molecule is CC(C)C(=O)N1CCC(CNC(=O)C(C)(O)C(F)(F)F)CC1. The average Bonchev–Trinajstić information content (AvgIpc) is 2.43. The molecule has 1 rings (SSSR count). The summed E-state index contributed by atoms with van der Waals surface area (Å²) in [4.78, 5) is 25.0. The van der Waals surface area contributed by atoms with Gasteiger partial charge in [-0.25, -0.2) is 0 Å². The van der Waals surface area contributed by atoms with E-state index < -0.39 is 17.7 Å². The molecule has 22 heavy (non-hydrogen) atoms. The molecule has 1 unspecified atom stereocenters. The standard InChI is InChI=1S/C14H23F3N2O3/c1-9(2)11(20)19-6-4-10(5-7-19)8-18-12(21)13(3,22)14(15,16)17/h9-10,22H,4-8H2,1-3H3,(H,18,21). The summed E-state index contributed by atoms with van der Waals surface area (Å²) >= 11 is 0. The van der Waals surface area contributed by atoms with E-state index in [1.54, 1.807) is 4.90 Å². The van der Waals surface area contributed by atoms with Crippen molar-refractivity contribution in [1.29, 1.82) is 0 Å². The Bertz CT molecular complexity index is 414. The minimum atomic E-state index is -5.01. The number of amides is 2. The van der Waals surface area contributed by atoms with Crippen LogP contribution in [0.25, 0.3) is 0 Å². The van der Waals surface area contributed by atoms with Crippen LogP contribution >= 0.6 is 0 Å². The number of rotatable bonds is 4. The van der Waals surface area contributed by atoms with E-state index in [4.69, 9.17) is 0 Å². The number of nitrogens with one attached hydrogen (secondary N) is 1. The topological polar surface area (TPSA) is 69.6 Å². The molecule has 1 atom stereocenters. The number of carbonyl (C=O) groups is 2. The molecular formula is C14H23F3N2O3. The maximum atomic E-state index is 12.5. The van der Waals surface area contributed by atoms with Crippen LogP contribution in [0.15, 0.2) is 0 Å². The highest BCUT2D eigenvalue weighted by Gasteiger charge is 2.55. The first-order valence-electron chi connectivity index (χ1n) is 7.33. The van der Waals surface area contributed by atoms with E-state index in [9.17, 15) is 27.9 Å². The summed E-state index contributed by atoms with van der Waals surface area (Å²) < 4.78 is 37.5. The first kappa shape index (κ1) is 18.7. The second kappa shape index (κ2) is 6.85. The van der Waals surface area contributed by atoms with E-state index >= 15 is 0 Å². The monoisotopic (exact) mass is 324 g/mol. The van der Waals surface area contributed by atoms with Crippen molar-refractivity contribution in [3.63, 3.8) is 0 Å². The van der Waals surface area contributed by atoms with Gasteiger partial charge in [-0.2, -0.15) is 13.2 Å². The summed E-state index contributed by atoms with van der Waals surface area (Å²) in [7, 11) is 0. The molecule has 2 amide bonds. The fourth-order valence-electron chi connectivity index (χ4n) is 2.26. The highest BCUT2D eigenvalue weighted by atomic mass is 19.4. The smallest absolute Gasteiger partial charge is 0.373 e. The molecule has 0 saturated carbocycles. The summed E-state index contributed by atoms with van der Waals surface area (Å²) in [5, 5.41) is 11.4. The molecule has 0 radical (unpaired) electrons. The fourth-order valence-corrected chi connectivity index (χ4v) is 2.26. The van der Waals surface area contributed by atoms with Crippen LogP contribution in [0.2, 0.25) is 0 Å². The molecular weight excluding hydrogens is 301 g/mol. The molecule has 0 aromatic rings. The Morgan fingerprint density at radius 3 is 2.18 bits per heavy atom. The largest absolute Gasteiger partial charge is 0.426 e. The molecule has 1 saturated heterocycles. The molecule has 1 aliphatic rings. The van der Waals surface area contributed by atoms with Crippen LogP contribution in [-0.2, 0) is 9.59 Å². The Hall–Kier alpha value is -1.31. The third-order valence-corrected chi connectivity index (χ3v) is 3.97. The highest BCUT2D eigenvalue weighted by molar-refractivity contribution is 5.85. The maximum Gasteiger partial charge on any atom is 0.426 e. The fraction of sp³-hybridized carbons (Fsp3) is 0.857. The lowest BCUT2D eigenvalue weighted by molar-refractivity contribution is -0.245. The van der Waals surface area contributed by atoms with E-state index in [0.717, 1.165) is 0 Å². The van der Waals surface area contributed by atoms with Crippen LogP contribution in [0, 0.1) is 11.8 Å². The van der Waals surface area contributed by atoms with Crippen molar-refractivity contribution in [3.8, 4) is 0 Å². The number of hydrogen-bond donors (Lipinski definition) is 2. The molecule has 1 aliphatic heterocycles. The van der Waals surface area contributed by atoms with Crippen molar-refractivity contribution in [2.45, 2.75) is 45.4 Å². The summed E-state index contributed by atoms with van der Waals surface area (Å²) in [5.41, 5.74) is -3.39. The molecule has 0 aromatic carbocycles. The van der Waals surface area contributed by atoms with Crippen LogP contribution in [-0.4, -0.2) is 53.2 Å². The molecule has 0 aliphatic carbocycles. The Balaban J connectivity index is 2.43. The number of aliphatic hydroxyl groups is 1. The van der Waals surface area contributed by atoms with Gasteiger partial charge in [-0.05, 0) is 25.7 Å². The number of carbonyl (C=O) groups excluding carboxylic acids is 2. The summed E-state index contributed by atoms with van der Waals surface area (Å²) in [6.07, 6.45) is -3.77. The third-order valence-electron chi connectivity index (χ3n) is 3.97. The summed E-state index contributed by atoms with van der Waals surface area (Å²) in [6.45, 7) is 5.20. The number of piperidine rings is 1. The van der Waals surface area contributed by atoms with Gasteiger partial charge in [0.15, 0.2) is 0 Å². The first-order chi connectivity index (χ1) is 9.96. The highest BCUT2D eigenvalue weighted by Crippen LogP contribution is 2.30. The zero-order valence-corrected chi connectivity index (χ0v) is 13.0. The van der Waals surface area contributed by atoms with Crippen LogP contribution in [0.3, 0.4) is 0 Å². The van der Waals surface area contributed by atoms with Crippen molar-refractivity contribution < 1.29 is 27.9 Å². The van der Waals surface area contributed by atoms with Gasteiger partial charge < -0.3 is 15.3 Å². The molecule has 1 fully saturated rings. The number of hydrogen-bond acceptors (Lipinski definition) is 3. The molecule has 0 spiro atoms. The molecule has 1 heterocycles. The molecule has 2 N–H and O–H groups in total. The Kier molecular flexibility index (Phi) is 5.83. The van der Waals surface area contributed by atoms with Gasteiger partial charge in [-0.15, -0.1) is 0 Å². The van der Waals surface area contributed by atoms with Crippen molar-refractivity contribution in [2.75, 3.05) is 19.6 Å². The number of nitrogens with zero attached hydrogens (tertiary/aromatic N) is 1. The lowest BCUT2D eigenvalue weighted by Crippen LogP contribution is -2.55. The Morgan fingerprint density at radius 2 is 1.77 bits per heavy atom. The lowest BCUT2D eigenvalue weighted by atomic mass is 9.95. The maximum absolute atomic E-state index is 12.5. The van der Waals surface area contributed by atoms with E-state index in [2.05, 4.69) is 5.32 Å². The van der Waals surface area contributed by atoms with E-state index in [-0.39, 0.29) is 24.3 Å². The number of halogens is 3. The molecule has 0 bridgehead atoms. The lowest BCUT2D eigenvalue weighted by Gasteiger charge is -2.33. The van der Waals surface area contributed by atoms with Crippen molar-refractivity contribution in [3.05, 3.63) is 0 Å². The minimum absolute atomic E-state index is 0.00389. The van der Waals surface area contributed by atoms with Crippen molar-refractivity contribution >= 4 is 11.8 Å². The van der Waals surface area contributed by atoms with E-state index in [1.807, 2.05) is 13.8 Å². The van der Waals surface area contributed by atoms with E-state index in [0.29, 0.717) is 32.9 Å². The molecule has 128 valence electrons. The van der Waals surface area contributed by atoms with Crippen molar-refractivity contribution in [2.24, 2.45) is 11.8 Å².